The van der Waals surface area contributed by atoms with Crippen molar-refractivity contribution in [2.45, 2.75) is 30.7 Å². The summed E-state index contributed by atoms with van der Waals surface area (Å²) >= 11 is 0. The van der Waals surface area contributed by atoms with Gasteiger partial charge in [-0.2, -0.15) is 0 Å². The quantitative estimate of drug-likeness (QED) is 0.223. The molecule has 5 unspecified atom stereocenters. The second-order valence-electron chi connectivity index (χ2n) is 7.48. The van der Waals surface area contributed by atoms with Gasteiger partial charge in [-0.25, -0.2) is 4.79 Å². The Morgan fingerprint density at radius 1 is 0.882 bits per heavy atom. The molecule has 0 aliphatic carbocycles. The summed E-state index contributed by atoms with van der Waals surface area (Å²) in [6, 6.07) is 5.51. The molecule has 180 valence electrons. The number of carbonyl (C=O) groups is 1. The molecule has 34 heavy (non-hydrogen) atoms. The zero-order chi connectivity index (χ0) is 24.9. The van der Waals surface area contributed by atoms with Crippen LogP contribution in [0.2, 0.25) is 0 Å². The van der Waals surface area contributed by atoms with E-state index in [0.717, 1.165) is 24.3 Å². The highest BCUT2D eigenvalue weighted by molar-refractivity contribution is 5.89. The van der Waals surface area contributed by atoms with Crippen molar-refractivity contribution in [3.05, 3.63) is 40.6 Å². The van der Waals surface area contributed by atoms with Crippen LogP contribution in [0.1, 0.15) is 0 Å². The van der Waals surface area contributed by atoms with Crippen LogP contribution in [0.5, 0.6) is 28.7 Å². The standard InChI is InChI=1S/C21H18O13/c22-7-2-1-6(3-8(7)23)10-4-9(24)13-11(32-10)5-12(14(25)15(13)26)33-21-18(29)16(27)17(28)19(34-21)20(30)31/h1-5,16-19,21-23,25-29H,(H,30,31). The van der Waals surface area contributed by atoms with E-state index in [1.165, 1.54) is 6.07 Å². The molecule has 0 radical (unpaired) electrons. The third-order valence-corrected chi connectivity index (χ3v) is 5.25. The maximum Gasteiger partial charge on any atom is 0.335 e. The smallest absolute Gasteiger partial charge is 0.335 e. The largest absolute Gasteiger partial charge is 0.504 e. The molecule has 5 atom stereocenters. The maximum absolute atomic E-state index is 12.6. The van der Waals surface area contributed by atoms with Gasteiger partial charge in [0.2, 0.25) is 12.0 Å². The van der Waals surface area contributed by atoms with Gasteiger partial charge in [0.15, 0.2) is 34.5 Å². The minimum atomic E-state index is -1.98. The Balaban J connectivity index is 1.78. The highest BCUT2D eigenvalue weighted by atomic mass is 16.7. The molecular formula is C21H18O13. The number of fused-ring (bicyclic) bond motifs is 1. The summed E-state index contributed by atoms with van der Waals surface area (Å²) in [6.07, 6.45) is -9.81. The molecule has 2 aromatic carbocycles. The van der Waals surface area contributed by atoms with Crippen molar-refractivity contribution >= 4 is 16.9 Å². The second-order valence-corrected chi connectivity index (χ2v) is 7.48. The Kier molecular flexibility index (Phi) is 5.70. The zero-order valence-corrected chi connectivity index (χ0v) is 16.9. The van der Waals surface area contributed by atoms with Gasteiger partial charge in [0.05, 0.1) is 0 Å². The van der Waals surface area contributed by atoms with E-state index in [1.54, 1.807) is 0 Å². The van der Waals surface area contributed by atoms with E-state index in [9.17, 15) is 45.3 Å². The first-order chi connectivity index (χ1) is 16.0. The van der Waals surface area contributed by atoms with Crippen molar-refractivity contribution in [2.24, 2.45) is 0 Å². The first-order valence-electron chi connectivity index (χ1n) is 9.64. The number of phenols is 4. The fraction of sp³-hybridized carbons (Fsp3) is 0.238. The van der Waals surface area contributed by atoms with Crippen LogP contribution in [0.15, 0.2) is 39.5 Å². The van der Waals surface area contributed by atoms with E-state index in [2.05, 4.69) is 0 Å². The lowest BCUT2D eigenvalue weighted by atomic mass is 9.99. The molecule has 1 saturated heterocycles. The minimum Gasteiger partial charge on any atom is -0.504 e. The Hall–Kier alpha value is -4.04. The summed E-state index contributed by atoms with van der Waals surface area (Å²) < 4.78 is 15.8. The molecule has 13 heteroatoms. The summed E-state index contributed by atoms with van der Waals surface area (Å²) in [5, 5.41) is 78.3. The molecule has 3 aromatic rings. The molecule has 1 aliphatic heterocycles. The summed E-state index contributed by atoms with van der Waals surface area (Å²) in [7, 11) is 0. The van der Waals surface area contributed by atoms with Crippen molar-refractivity contribution < 1.29 is 59.5 Å². The minimum absolute atomic E-state index is 0.0951. The van der Waals surface area contributed by atoms with E-state index in [0.29, 0.717) is 0 Å². The molecule has 13 nitrogen and oxygen atoms in total. The number of benzene rings is 2. The van der Waals surface area contributed by atoms with Gasteiger partial charge in [0.1, 0.15) is 35.0 Å². The van der Waals surface area contributed by atoms with Crippen molar-refractivity contribution in [1.29, 1.82) is 0 Å². The van der Waals surface area contributed by atoms with Crippen LogP contribution < -0.4 is 10.2 Å². The SMILES string of the molecule is O=C(O)C1OC(Oc2cc3oc(-c4ccc(O)c(O)c4)cc(=O)c3c(O)c2O)C(O)C(O)C1O. The fourth-order valence-electron chi connectivity index (χ4n) is 3.45. The molecular weight excluding hydrogens is 460 g/mol. The van der Waals surface area contributed by atoms with Crippen LogP contribution in [0.4, 0.5) is 0 Å². The van der Waals surface area contributed by atoms with E-state index < -0.39 is 76.2 Å². The van der Waals surface area contributed by atoms with Crippen molar-refractivity contribution in [3.8, 4) is 40.1 Å². The maximum atomic E-state index is 12.6. The van der Waals surface area contributed by atoms with E-state index >= 15 is 0 Å². The Bertz CT molecular complexity index is 1330. The molecule has 4 rings (SSSR count). The molecule has 0 saturated carbocycles. The lowest BCUT2D eigenvalue weighted by molar-refractivity contribution is -0.271. The second kappa shape index (κ2) is 8.39. The lowest BCUT2D eigenvalue weighted by Gasteiger charge is -2.38. The van der Waals surface area contributed by atoms with Crippen molar-refractivity contribution in [2.75, 3.05) is 0 Å². The van der Waals surface area contributed by atoms with Crippen molar-refractivity contribution in [1.82, 2.24) is 0 Å². The monoisotopic (exact) mass is 478 g/mol. The normalized spacial score (nSPS) is 24.7. The highest BCUT2D eigenvalue weighted by Crippen LogP contribution is 2.43. The van der Waals surface area contributed by atoms with E-state index in [-0.39, 0.29) is 16.9 Å². The first-order valence-corrected chi connectivity index (χ1v) is 9.64. The number of rotatable bonds is 4. The van der Waals surface area contributed by atoms with E-state index in [4.69, 9.17) is 19.0 Å². The number of aromatic hydroxyl groups is 4. The van der Waals surface area contributed by atoms with Crippen LogP contribution in [0.25, 0.3) is 22.3 Å². The molecule has 1 fully saturated rings. The van der Waals surface area contributed by atoms with Crippen molar-refractivity contribution in [3.63, 3.8) is 0 Å². The molecule has 1 aromatic heterocycles. The number of aliphatic carboxylic acids is 1. The lowest BCUT2D eigenvalue weighted by Crippen LogP contribution is -2.61. The molecule has 2 heterocycles. The number of phenolic OH excluding ortho intramolecular Hbond substituents is 4. The number of carboxylic acids is 1. The highest BCUT2D eigenvalue weighted by Gasteiger charge is 2.48. The summed E-state index contributed by atoms with van der Waals surface area (Å²) in [5.41, 5.74) is -0.931. The Morgan fingerprint density at radius 2 is 1.59 bits per heavy atom. The van der Waals surface area contributed by atoms with Crippen LogP contribution in [0.3, 0.4) is 0 Å². The molecule has 0 spiro atoms. The van der Waals surface area contributed by atoms with Gasteiger partial charge in [-0.1, -0.05) is 0 Å². The third kappa shape index (κ3) is 3.82. The van der Waals surface area contributed by atoms with E-state index in [1.807, 2.05) is 0 Å². The summed E-state index contributed by atoms with van der Waals surface area (Å²) in [6.45, 7) is 0. The van der Waals surface area contributed by atoms with Crippen LogP contribution >= 0.6 is 0 Å². The molecule has 0 amide bonds. The number of aliphatic hydroxyl groups excluding tert-OH is 3. The van der Waals surface area contributed by atoms with Crippen LogP contribution in [-0.2, 0) is 9.53 Å². The van der Waals surface area contributed by atoms with Gasteiger partial charge >= 0.3 is 5.97 Å². The summed E-state index contributed by atoms with van der Waals surface area (Å²) in [4.78, 5) is 23.8. The zero-order valence-electron chi connectivity index (χ0n) is 16.9. The molecule has 1 aliphatic rings. The predicted molar refractivity (Wildman–Crippen MR) is 110 cm³/mol. The number of ether oxygens (including phenoxy) is 2. The van der Waals surface area contributed by atoms with Gasteiger partial charge in [0.25, 0.3) is 0 Å². The average Bonchev–Trinajstić information content (AvgIpc) is 2.78. The Labute approximate surface area is 188 Å². The summed E-state index contributed by atoms with van der Waals surface area (Å²) in [5.74, 6) is -5.21. The molecule has 0 bridgehead atoms. The van der Waals surface area contributed by atoms with Crippen LogP contribution in [-0.4, -0.2) is 77.5 Å². The number of carboxylic acid groups (broad SMARTS) is 1. The predicted octanol–water partition coefficient (Wildman–Crippen LogP) is -0.447. The average molecular weight is 478 g/mol. The Morgan fingerprint density at radius 3 is 2.24 bits per heavy atom. The topological polar surface area (TPSA) is 228 Å². The fourth-order valence-corrected chi connectivity index (χ4v) is 3.45. The van der Waals surface area contributed by atoms with Gasteiger partial charge in [-0.15, -0.1) is 0 Å². The van der Waals surface area contributed by atoms with Crippen LogP contribution in [0, 0.1) is 0 Å². The van der Waals surface area contributed by atoms with Gasteiger partial charge in [-0.3, -0.25) is 4.79 Å². The third-order valence-electron chi connectivity index (χ3n) is 5.25. The van der Waals surface area contributed by atoms with Gasteiger partial charge < -0.3 is 54.7 Å². The number of aliphatic hydroxyl groups is 3. The number of hydrogen-bond donors (Lipinski definition) is 8. The van der Waals surface area contributed by atoms with Gasteiger partial charge in [0, 0.05) is 17.7 Å². The molecule has 8 N–H and O–H groups in total. The number of hydrogen-bond acceptors (Lipinski definition) is 12. The first kappa shape index (κ1) is 23.1. The van der Waals surface area contributed by atoms with Gasteiger partial charge in [-0.05, 0) is 18.2 Å².